The van der Waals surface area contributed by atoms with Gasteiger partial charge in [0.05, 0.1) is 14.2 Å². The second-order valence-electron chi connectivity index (χ2n) is 10.6. The Labute approximate surface area is 252 Å². The van der Waals surface area contributed by atoms with Crippen molar-refractivity contribution in [1.29, 1.82) is 0 Å². The third kappa shape index (κ3) is 8.66. The molecule has 0 unspecified atom stereocenters. The highest BCUT2D eigenvalue weighted by Crippen LogP contribution is 2.37. The van der Waals surface area contributed by atoms with Crippen molar-refractivity contribution in [2.24, 2.45) is 0 Å². The number of nitrogens with one attached hydrogen (secondary N) is 2. The summed E-state index contributed by atoms with van der Waals surface area (Å²) in [6, 6.07) is 7.92. The summed E-state index contributed by atoms with van der Waals surface area (Å²) in [6.07, 6.45) is 2.35. The summed E-state index contributed by atoms with van der Waals surface area (Å²) in [5, 5.41) is 5.67. The van der Waals surface area contributed by atoms with Gasteiger partial charge in [-0.25, -0.2) is 0 Å². The summed E-state index contributed by atoms with van der Waals surface area (Å²) in [7, 11) is 4.84. The van der Waals surface area contributed by atoms with E-state index in [1.807, 2.05) is 12.1 Å². The summed E-state index contributed by atoms with van der Waals surface area (Å²) in [6.45, 7) is 5.50. The number of amides is 3. The van der Waals surface area contributed by atoms with Crippen LogP contribution in [0.15, 0.2) is 30.3 Å². The quantitative estimate of drug-likeness (QED) is 0.510. The molecule has 2 N–H and O–H groups in total. The van der Waals surface area contributed by atoms with Crippen molar-refractivity contribution in [2.45, 2.75) is 38.8 Å². The molecule has 0 saturated carbocycles. The Morgan fingerprint density at radius 1 is 0.860 bits per heavy atom. The molecular weight excluding hydrogens is 556 g/mol. The molecule has 2 bridgehead atoms. The minimum absolute atomic E-state index is 0.177. The summed E-state index contributed by atoms with van der Waals surface area (Å²) in [5.74, 6) is 1.90. The SMILES string of the molecule is COc1cc2c(cc1CN1CCCCN(C)C(=O)[C@H](C)NC(=O)COc3ccc(cc3OC)C(=O)NCCC1)OCCO2. The van der Waals surface area contributed by atoms with Crippen LogP contribution in [-0.4, -0.2) is 101 Å². The van der Waals surface area contributed by atoms with Gasteiger partial charge in [0.2, 0.25) is 5.91 Å². The highest BCUT2D eigenvalue weighted by atomic mass is 16.6. The lowest BCUT2D eigenvalue weighted by atomic mass is 10.1. The van der Waals surface area contributed by atoms with E-state index in [4.69, 9.17) is 23.7 Å². The molecule has 0 aliphatic carbocycles. The standard InChI is InChI=1S/C31H42N4O8/c1-21-31(38)34(2)11-5-6-12-35(19-23-17-27-28(18-25(23)39-3)42-15-14-41-27)13-7-10-32-30(37)22-8-9-24(26(16-22)40-4)43-20-29(36)33-21/h8-9,16-18,21H,5-7,10-15,19-20H2,1-4H3,(H,32,37)(H,33,36)/t21-/m0/s1. The van der Waals surface area contributed by atoms with Crippen LogP contribution in [0.1, 0.15) is 42.1 Å². The van der Waals surface area contributed by atoms with Crippen LogP contribution < -0.4 is 34.3 Å². The van der Waals surface area contributed by atoms with Gasteiger partial charge in [-0.2, -0.15) is 0 Å². The summed E-state index contributed by atoms with van der Waals surface area (Å²) in [5.41, 5.74) is 1.40. The second kappa shape index (κ2) is 15.3. The van der Waals surface area contributed by atoms with Gasteiger partial charge in [-0.1, -0.05) is 0 Å². The van der Waals surface area contributed by atoms with E-state index in [2.05, 4.69) is 15.5 Å². The number of rotatable bonds is 4. The molecule has 3 heterocycles. The highest BCUT2D eigenvalue weighted by molar-refractivity contribution is 5.95. The lowest BCUT2D eigenvalue weighted by molar-refractivity contribution is -0.135. The number of hydrogen-bond acceptors (Lipinski definition) is 9. The lowest BCUT2D eigenvalue weighted by Crippen LogP contribution is -2.47. The van der Waals surface area contributed by atoms with Crippen LogP contribution in [0.3, 0.4) is 0 Å². The zero-order valence-electron chi connectivity index (χ0n) is 25.4. The fraction of sp³-hybridized carbons (Fsp3) is 0.516. The molecule has 3 aliphatic heterocycles. The van der Waals surface area contributed by atoms with Gasteiger partial charge in [0.15, 0.2) is 29.6 Å². The maximum Gasteiger partial charge on any atom is 0.258 e. The number of fused-ring (bicyclic) bond motifs is 19. The second-order valence-corrected chi connectivity index (χ2v) is 10.6. The van der Waals surface area contributed by atoms with Crippen molar-refractivity contribution in [3.8, 4) is 28.7 Å². The number of hydrogen-bond donors (Lipinski definition) is 2. The van der Waals surface area contributed by atoms with Crippen LogP contribution in [0.2, 0.25) is 0 Å². The van der Waals surface area contributed by atoms with E-state index in [0.717, 1.165) is 43.7 Å². The van der Waals surface area contributed by atoms with Gasteiger partial charge in [-0.3, -0.25) is 19.3 Å². The summed E-state index contributed by atoms with van der Waals surface area (Å²) in [4.78, 5) is 42.2. The minimum Gasteiger partial charge on any atom is -0.496 e. The first kappa shape index (κ1) is 31.7. The predicted octanol–water partition coefficient (Wildman–Crippen LogP) is 2.23. The van der Waals surface area contributed by atoms with Gasteiger partial charge in [0.1, 0.15) is 25.0 Å². The molecule has 1 atom stereocenters. The minimum atomic E-state index is -0.706. The van der Waals surface area contributed by atoms with E-state index in [9.17, 15) is 14.4 Å². The molecule has 12 heteroatoms. The van der Waals surface area contributed by atoms with Crippen molar-refractivity contribution >= 4 is 17.7 Å². The molecule has 5 rings (SSSR count). The van der Waals surface area contributed by atoms with Crippen molar-refractivity contribution in [2.75, 3.05) is 67.3 Å². The van der Waals surface area contributed by atoms with Gasteiger partial charge in [0.25, 0.3) is 11.8 Å². The zero-order chi connectivity index (χ0) is 30.8. The Morgan fingerprint density at radius 3 is 2.30 bits per heavy atom. The number of likely N-dealkylation sites (N-methyl/N-ethyl adjacent to an activating group) is 1. The third-order valence-electron chi connectivity index (χ3n) is 7.40. The molecule has 3 amide bonds. The van der Waals surface area contributed by atoms with Crippen molar-refractivity contribution < 1.29 is 38.1 Å². The van der Waals surface area contributed by atoms with Crippen molar-refractivity contribution in [3.05, 3.63) is 41.5 Å². The maximum atomic E-state index is 12.9. The molecule has 43 heavy (non-hydrogen) atoms. The third-order valence-corrected chi connectivity index (χ3v) is 7.40. The van der Waals surface area contributed by atoms with Gasteiger partial charge >= 0.3 is 0 Å². The normalized spacial score (nSPS) is 19.5. The number of benzene rings is 2. The molecular formula is C31H42N4O8. The van der Waals surface area contributed by atoms with Crippen molar-refractivity contribution in [3.63, 3.8) is 0 Å². The first-order valence-corrected chi connectivity index (χ1v) is 14.6. The molecule has 0 saturated heterocycles. The molecule has 2 aromatic rings. The van der Waals surface area contributed by atoms with Crippen LogP contribution in [0.5, 0.6) is 28.7 Å². The molecule has 234 valence electrons. The van der Waals surface area contributed by atoms with Gasteiger partial charge in [0, 0.05) is 50.4 Å². The maximum absolute atomic E-state index is 12.9. The Balaban J connectivity index is 1.49. The number of methoxy groups -OCH3 is 2. The Kier molecular flexibility index (Phi) is 11.3. The Bertz CT molecular complexity index is 1290. The molecule has 12 nitrogen and oxygen atoms in total. The largest absolute Gasteiger partial charge is 0.496 e. The van der Waals surface area contributed by atoms with E-state index >= 15 is 0 Å². The van der Waals surface area contributed by atoms with E-state index in [0.29, 0.717) is 61.4 Å². The molecule has 0 fully saturated rings. The number of carbonyl (C=O) groups is 3. The molecule has 0 spiro atoms. The van der Waals surface area contributed by atoms with E-state index in [-0.39, 0.29) is 18.4 Å². The number of nitrogens with zero attached hydrogens (tertiary/aromatic N) is 2. The first-order valence-electron chi connectivity index (χ1n) is 14.6. The topological polar surface area (TPSA) is 128 Å². The van der Waals surface area contributed by atoms with E-state index in [1.165, 1.54) is 7.11 Å². The average molecular weight is 599 g/mol. The van der Waals surface area contributed by atoms with Gasteiger partial charge < -0.3 is 39.2 Å². The fourth-order valence-corrected chi connectivity index (χ4v) is 5.08. The zero-order valence-corrected chi connectivity index (χ0v) is 25.4. The lowest BCUT2D eigenvalue weighted by Gasteiger charge is -2.26. The van der Waals surface area contributed by atoms with Crippen LogP contribution in [0.4, 0.5) is 0 Å². The number of ether oxygens (including phenoxy) is 5. The molecule has 0 aromatic heterocycles. The van der Waals surface area contributed by atoms with Crippen molar-refractivity contribution in [1.82, 2.24) is 20.4 Å². The summed E-state index contributed by atoms with van der Waals surface area (Å²) < 4.78 is 28.2. The number of carbonyl (C=O) groups excluding carboxylic acids is 3. The Hall–Kier alpha value is -4.19. The van der Waals surface area contributed by atoms with Gasteiger partial charge in [-0.15, -0.1) is 0 Å². The monoisotopic (exact) mass is 598 g/mol. The molecule has 2 aromatic carbocycles. The average Bonchev–Trinajstić information content (AvgIpc) is 3.02. The van der Waals surface area contributed by atoms with Crippen LogP contribution in [0, 0.1) is 0 Å². The smallest absolute Gasteiger partial charge is 0.258 e. The fourth-order valence-electron chi connectivity index (χ4n) is 5.08. The van der Waals surface area contributed by atoms with E-state index in [1.54, 1.807) is 44.2 Å². The molecule has 0 radical (unpaired) electrons. The van der Waals surface area contributed by atoms with Crippen LogP contribution >= 0.6 is 0 Å². The predicted molar refractivity (Wildman–Crippen MR) is 159 cm³/mol. The molecule has 3 aliphatic rings. The Morgan fingerprint density at radius 2 is 1.56 bits per heavy atom. The first-order chi connectivity index (χ1) is 20.8. The van der Waals surface area contributed by atoms with E-state index < -0.39 is 11.9 Å². The van der Waals surface area contributed by atoms with Crippen LogP contribution in [0.25, 0.3) is 0 Å². The van der Waals surface area contributed by atoms with Gasteiger partial charge in [-0.05, 0) is 57.0 Å². The highest BCUT2D eigenvalue weighted by Gasteiger charge is 2.22. The summed E-state index contributed by atoms with van der Waals surface area (Å²) >= 11 is 0. The van der Waals surface area contributed by atoms with Crippen LogP contribution in [-0.2, 0) is 16.1 Å².